The van der Waals surface area contributed by atoms with Gasteiger partial charge in [-0.1, -0.05) is 12.8 Å². The molecule has 0 aromatic heterocycles. The molecule has 0 N–H and O–H groups in total. The second-order valence-electron chi connectivity index (χ2n) is 8.06. The molecule has 0 spiro atoms. The zero-order chi connectivity index (χ0) is 23.3. The van der Waals surface area contributed by atoms with Gasteiger partial charge >= 0.3 is 181 Å². The van der Waals surface area contributed by atoms with Crippen LogP contribution in [0.3, 0.4) is 0 Å². The predicted octanol–water partition coefficient (Wildman–Crippen LogP) is 4.07. The van der Waals surface area contributed by atoms with Crippen LogP contribution in [0.2, 0.25) is 0 Å². The zero-order valence-electron chi connectivity index (χ0n) is 20.8. The molecule has 1 fully saturated rings. The van der Waals surface area contributed by atoms with Crippen LogP contribution in [-0.2, 0) is 34.1 Å². The largest absolute Gasteiger partial charge is 2.00 e. The molecule has 186 valence electrons. The monoisotopic (exact) mass is 672 g/mol. The molecule has 1 saturated carbocycles. The van der Waals surface area contributed by atoms with E-state index in [1.807, 2.05) is 62.4 Å². The molecular weight excluding hydrogens is 634 g/mol. The second-order valence-corrected chi connectivity index (χ2v) is 14.2. The molecule has 2 atom stereocenters. The number of hydrogen-bond donors (Lipinski definition) is 0. The first kappa shape index (κ1) is 34.0. The third-order valence-electron chi connectivity index (χ3n) is 5.40. The van der Waals surface area contributed by atoms with Crippen molar-refractivity contribution in [2.24, 2.45) is 0 Å². The number of hydrogen-bond acceptors (Lipinski definition) is 2. The SMILES string of the molecule is C[C@@H](c1cc[cH-]c1[Se][Se]c1[cH-]ccc1[C@H](C)N(C)C)N(C)C.[CH]1[CH][CH][CH-][CH]1.[Fe+2].[Fe+2].c1cc[cH-]c1. The van der Waals surface area contributed by atoms with Crippen molar-refractivity contribution >= 4 is 35.2 Å². The van der Waals surface area contributed by atoms with Crippen molar-refractivity contribution in [3.8, 4) is 0 Å². The molecule has 34 heavy (non-hydrogen) atoms. The summed E-state index contributed by atoms with van der Waals surface area (Å²) in [5.41, 5.74) is 3.03. The van der Waals surface area contributed by atoms with E-state index in [9.17, 15) is 0 Å². The predicted molar refractivity (Wildman–Crippen MR) is 143 cm³/mol. The van der Waals surface area contributed by atoms with Gasteiger partial charge in [-0.05, 0) is 0 Å². The van der Waals surface area contributed by atoms with Crippen LogP contribution < -0.4 is 8.92 Å². The van der Waals surface area contributed by atoms with Crippen molar-refractivity contribution in [2.45, 2.75) is 25.9 Å². The third kappa shape index (κ3) is 11.9. The van der Waals surface area contributed by atoms with E-state index in [-0.39, 0.29) is 34.1 Å². The topological polar surface area (TPSA) is 6.48 Å². The van der Waals surface area contributed by atoms with Gasteiger partial charge in [-0.2, -0.15) is 31.0 Å². The molecular formula is C28H36Fe2N2Se2. The Morgan fingerprint density at radius 2 is 1.09 bits per heavy atom. The van der Waals surface area contributed by atoms with Gasteiger partial charge in [0.2, 0.25) is 0 Å². The summed E-state index contributed by atoms with van der Waals surface area (Å²) >= 11 is 1.12. The van der Waals surface area contributed by atoms with Crippen molar-refractivity contribution in [3.05, 3.63) is 110 Å². The molecule has 6 heteroatoms. The van der Waals surface area contributed by atoms with E-state index in [2.05, 4.69) is 88.2 Å². The van der Waals surface area contributed by atoms with Crippen LogP contribution in [0.25, 0.3) is 0 Å². The minimum atomic E-state index is 0. The van der Waals surface area contributed by atoms with Crippen molar-refractivity contribution in [1.82, 2.24) is 9.80 Å². The summed E-state index contributed by atoms with van der Waals surface area (Å²) in [5.74, 6) is 0. The van der Waals surface area contributed by atoms with Crippen LogP contribution in [0.15, 0.2) is 66.7 Å². The Balaban J connectivity index is 0.000000746. The number of rotatable bonds is 7. The Bertz CT molecular complexity index is 759. The summed E-state index contributed by atoms with van der Waals surface area (Å²) in [6, 6.07) is 24.7. The van der Waals surface area contributed by atoms with Crippen LogP contribution in [0.5, 0.6) is 0 Å². The number of nitrogens with zero attached hydrogens (tertiary/aromatic N) is 2. The van der Waals surface area contributed by atoms with Crippen molar-refractivity contribution in [1.29, 1.82) is 0 Å². The normalized spacial score (nSPS) is 14.2. The molecule has 1 aliphatic carbocycles. The van der Waals surface area contributed by atoms with Gasteiger partial charge in [0.05, 0.1) is 0 Å². The van der Waals surface area contributed by atoms with Crippen LogP contribution in [-0.4, -0.2) is 64.3 Å². The summed E-state index contributed by atoms with van der Waals surface area (Å²) in [4.78, 5) is 4.59. The van der Waals surface area contributed by atoms with Gasteiger partial charge in [0.1, 0.15) is 0 Å². The Morgan fingerprint density at radius 1 is 0.676 bits per heavy atom. The minimum Gasteiger partial charge on any atom is -0.326 e. The minimum absolute atomic E-state index is 0. The average molecular weight is 670 g/mol. The maximum Gasteiger partial charge on any atom is 2.00 e. The fraction of sp³-hybridized carbons (Fsp3) is 0.286. The van der Waals surface area contributed by atoms with E-state index in [0.29, 0.717) is 38.3 Å². The van der Waals surface area contributed by atoms with Crippen LogP contribution in [0.4, 0.5) is 0 Å². The van der Waals surface area contributed by atoms with E-state index >= 15 is 0 Å². The Labute approximate surface area is 241 Å². The zero-order valence-corrected chi connectivity index (χ0v) is 26.4. The van der Waals surface area contributed by atoms with Gasteiger partial charge in [0.25, 0.3) is 0 Å². The fourth-order valence-corrected chi connectivity index (χ4v) is 10.6. The van der Waals surface area contributed by atoms with Crippen LogP contribution in [0.1, 0.15) is 37.1 Å². The van der Waals surface area contributed by atoms with Crippen molar-refractivity contribution < 1.29 is 34.1 Å². The van der Waals surface area contributed by atoms with E-state index in [0.717, 1.165) is 0 Å². The molecule has 3 aromatic rings. The third-order valence-corrected chi connectivity index (χ3v) is 12.7. The summed E-state index contributed by atoms with van der Waals surface area (Å²) in [7, 11) is 8.64. The molecule has 0 amide bonds. The van der Waals surface area contributed by atoms with Gasteiger partial charge in [-0.15, -0.1) is 0 Å². The molecule has 0 bridgehead atoms. The first-order valence-electron chi connectivity index (χ1n) is 10.9. The molecule has 4 rings (SSSR count). The molecule has 0 aliphatic heterocycles. The molecule has 0 saturated heterocycles. The van der Waals surface area contributed by atoms with Crippen molar-refractivity contribution in [3.63, 3.8) is 0 Å². The first-order valence-corrected chi connectivity index (χ1v) is 17.0. The summed E-state index contributed by atoms with van der Waals surface area (Å²) in [5, 5.41) is 0. The van der Waals surface area contributed by atoms with Crippen molar-refractivity contribution in [2.75, 3.05) is 28.2 Å². The Kier molecular flexibility index (Phi) is 19.2. The molecule has 0 heterocycles. The Hall–Kier alpha value is 0.0479. The van der Waals surface area contributed by atoms with Gasteiger partial charge in [-0.25, -0.2) is 12.1 Å². The maximum atomic E-state index is 2.33. The smallest absolute Gasteiger partial charge is 0.326 e. The standard InChI is InChI=1S/C18H26N2Se2.2C5H5.2Fe/c1-13(19(3)4)15-9-7-11-17(15)21-22-18-12-8-10-16(18)14(2)20(5)6;2*1-2-4-5-3-1;;/h7-14H,1-6H3;2*1-5H;;/q-2;2*-1;2*+2/t13-,14-;;;;/m0..../s1. The molecule has 2 nitrogen and oxygen atoms in total. The maximum absolute atomic E-state index is 2.33. The van der Waals surface area contributed by atoms with E-state index in [4.69, 9.17) is 0 Å². The summed E-state index contributed by atoms with van der Waals surface area (Å²) < 4.78 is 3.16. The first-order chi connectivity index (χ1) is 15.4. The van der Waals surface area contributed by atoms with Gasteiger partial charge in [-0.3, -0.25) is 0 Å². The molecule has 4 radical (unpaired) electrons. The van der Waals surface area contributed by atoms with Crippen LogP contribution in [0, 0.1) is 32.1 Å². The van der Waals surface area contributed by atoms with E-state index < -0.39 is 0 Å². The summed E-state index contributed by atoms with van der Waals surface area (Å²) in [6.45, 7) is 4.59. The van der Waals surface area contributed by atoms with Crippen LogP contribution >= 0.6 is 0 Å². The van der Waals surface area contributed by atoms with Gasteiger partial charge < -0.3 is 6.42 Å². The summed E-state index contributed by atoms with van der Waals surface area (Å²) in [6.07, 6.45) is 10.0. The van der Waals surface area contributed by atoms with E-state index in [1.165, 1.54) is 11.1 Å². The fourth-order valence-electron chi connectivity index (χ4n) is 2.96. The quantitative estimate of drug-likeness (QED) is 0.277. The van der Waals surface area contributed by atoms with Gasteiger partial charge in [0, 0.05) is 0 Å². The molecule has 3 aromatic carbocycles. The molecule has 1 aliphatic rings. The molecule has 0 unspecified atom stereocenters. The van der Waals surface area contributed by atoms with Gasteiger partial charge in [0.15, 0.2) is 0 Å². The second kappa shape index (κ2) is 19.2. The average Bonchev–Trinajstić information content (AvgIpc) is 3.61. The van der Waals surface area contributed by atoms with E-state index in [1.54, 1.807) is 8.92 Å². The Morgan fingerprint density at radius 3 is 1.35 bits per heavy atom.